The van der Waals surface area contributed by atoms with E-state index < -0.39 is 18.0 Å². The van der Waals surface area contributed by atoms with E-state index in [-0.39, 0.29) is 5.76 Å². The van der Waals surface area contributed by atoms with Crippen LogP contribution in [-0.4, -0.2) is 32.2 Å². The van der Waals surface area contributed by atoms with Gasteiger partial charge in [0.05, 0.1) is 14.2 Å². The highest BCUT2D eigenvalue weighted by molar-refractivity contribution is 9.10. The maximum atomic E-state index is 12.1. The van der Waals surface area contributed by atoms with Crippen LogP contribution in [0.3, 0.4) is 0 Å². The van der Waals surface area contributed by atoms with Gasteiger partial charge in [-0.05, 0) is 47.1 Å². The number of carbonyl (C=O) groups is 2. The Labute approximate surface area is 147 Å². The molecule has 1 N–H and O–H groups in total. The number of amides is 1. The summed E-state index contributed by atoms with van der Waals surface area (Å²) in [5, 5.41) is 2.64. The fourth-order valence-corrected chi connectivity index (χ4v) is 2.16. The molecule has 0 spiro atoms. The van der Waals surface area contributed by atoms with Crippen LogP contribution in [0.15, 0.2) is 39.4 Å². The smallest absolute Gasteiger partial charge is 0.375 e. The number of methoxy groups -OCH3 is 2. The van der Waals surface area contributed by atoms with Gasteiger partial charge in [0, 0.05) is 11.8 Å². The molecule has 128 valence electrons. The largest absolute Gasteiger partial charge is 0.493 e. The Morgan fingerprint density at radius 3 is 2.42 bits per heavy atom. The molecule has 1 atom stereocenters. The van der Waals surface area contributed by atoms with E-state index >= 15 is 0 Å². The molecule has 7 nitrogen and oxygen atoms in total. The minimum absolute atomic E-state index is 0.00708. The molecule has 0 saturated heterocycles. The van der Waals surface area contributed by atoms with Crippen molar-refractivity contribution in [2.75, 3.05) is 19.5 Å². The predicted octanol–water partition coefficient (Wildman–Crippen LogP) is 3.24. The number of anilines is 1. The van der Waals surface area contributed by atoms with Gasteiger partial charge in [-0.15, -0.1) is 0 Å². The molecule has 0 aliphatic carbocycles. The molecule has 1 aromatic carbocycles. The third-order valence-corrected chi connectivity index (χ3v) is 3.50. The van der Waals surface area contributed by atoms with Crippen LogP contribution < -0.4 is 14.8 Å². The zero-order valence-corrected chi connectivity index (χ0v) is 14.9. The van der Waals surface area contributed by atoms with Gasteiger partial charge in [-0.2, -0.15) is 0 Å². The van der Waals surface area contributed by atoms with E-state index in [0.717, 1.165) is 0 Å². The second-order valence-electron chi connectivity index (χ2n) is 4.71. The minimum Gasteiger partial charge on any atom is -0.493 e. The summed E-state index contributed by atoms with van der Waals surface area (Å²) < 4.78 is 20.8. The van der Waals surface area contributed by atoms with Crippen molar-refractivity contribution in [2.45, 2.75) is 13.0 Å². The van der Waals surface area contributed by atoms with E-state index in [1.807, 2.05) is 0 Å². The number of ether oxygens (including phenoxy) is 3. The van der Waals surface area contributed by atoms with E-state index in [4.69, 9.17) is 18.6 Å². The number of esters is 1. The molecule has 24 heavy (non-hydrogen) atoms. The third-order valence-electron chi connectivity index (χ3n) is 3.08. The SMILES string of the molecule is COc1ccc(NC(=O)C(C)OC(=O)c2ccc(Br)o2)cc1OC. The molecular weight excluding hydrogens is 382 g/mol. The summed E-state index contributed by atoms with van der Waals surface area (Å²) in [4.78, 5) is 24.0. The molecule has 2 rings (SSSR count). The van der Waals surface area contributed by atoms with Gasteiger partial charge in [-0.3, -0.25) is 4.79 Å². The lowest BCUT2D eigenvalue weighted by atomic mass is 10.2. The van der Waals surface area contributed by atoms with Crippen molar-refractivity contribution in [3.8, 4) is 11.5 Å². The summed E-state index contributed by atoms with van der Waals surface area (Å²) in [5.41, 5.74) is 0.487. The third kappa shape index (κ3) is 4.29. The number of furan rings is 1. The van der Waals surface area contributed by atoms with E-state index in [0.29, 0.717) is 21.9 Å². The number of hydrogen-bond acceptors (Lipinski definition) is 6. The van der Waals surface area contributed by atoms with Gasteiger partial charge in [0.15, 0.2) is 22.3 Å². The first-order chi connectivity index (χ1) is 11.4. The number of nitrogens with one attached hydrogen (secondary N) is 1. The van der Waals surface area contributed by atoms with Crippen molar-refractivity contribution < 1.29 is 28.2 Å². The molecule has 0 saturated carbocycles. The highest BCUT2D eigenvalue weighted by Gasteiger charge is 2.21. The average Bonchev–Trinajstić information content (AvgIpc) is 3.01. The lowest BCUT2D eigenvalue weighted by molar-refractivity contribution is -0.123. The molecule has 0 bridgehead atoms. The summed E-state index contributed by atoms with van der Waals surface area (Å²) in [7, 11) is 3.01. The maximum Gasteiger partial charge on any atom is 0.375 e. The summed E-state index contributed by atoms with van der Waals surface area (Å²) in [6, 6.07) is 7.92. The molecule has 0 aliphatic rings. The minimum atomic E-state index is -1.01. The zero-order valence-electron chi connectivity index (χ0n) is 13.3. The van der Waals surface area contributed by atoms with E-state index in [9.17, 15) is 9.59 Å². The van der Waals surface area contributed by atoms with Crippen LogP contribution in [0.1, 0.15) is 17.5 Å². The Kier molecular flexibility index (Phi) is 5.86. The van der Waals surface area contributed by atoms with Crippen LogP contribution in [0.4, 0.5) is 5.69 Å². The van der Waals surface area contributed by atoms with Gasteiger partial charge in [-0.1, -0.05) is 0 Å². The molecule has 0 aliphatic heterocycles. The number of benzene rings is 1. The van der Waals surface area contributed by atoms with Crippen LogP contribution in [0.2, 0.25) is 0 Å². The summed E-state index contributed by atoms with van der Waals surface area (Å²) in [6.07, 6.45) is -1.01. The van der Waals surface area contributed by atoms with Gasteiger partial charge in [0.1, 0.15) is 0 Å². The first kappa shape index (κ1) is 17.9. The fraction of sp³-hybridized carbons (Fsp3) is 0.250. The van der Waals surface area contributed by atoms with Crippen molar-refractivity contribution in [2.24, 2.45) is 0 Å². The van der Waals surface area contributed by atoms with Crippen LogP contribution in [0.25, 0.3) is 0 Å². The van der Waals surface area contributed by atoms with Crippen molar-refractivity contribution in [1.29, 1.82) is 0 Å². The Morgan fingerprint density at radius 2 is 1.83 bits per heavy atom. The van der Waals surface area contributed by atoms with Crippen molar-refractivity contribution in [3.05, 3.63) is 40.8 Å². The first-order valence-electron chi connectivity index (χ1n) is 6.93. The standard InChI is InChI=1S/C16H16BrNO6/c1-9(23-16(20)12-6-7-14(17)24-12)15(19)18-10-4-5-11(21-2)13(8-10)22-3/h4-9H,1-3H3,(H,18,19). The van der Waals surface area contributed by atoms with Crippen LogP contribution in [-0.2, 0) is 9.53 Å². The van der Waals surface area contributed by atoms with Crippen LogP contribution >= 0.6 is 15.9 Å². The molecule has 0 radical (unpaired) electrons. The number of halogens is 1. The Hall–Kier alpha value is -2.48. The Bertz CT molecular complexity index is 742. The van der Waals surface area contributed by atoms with E-state index in [1.54, 1.807) is 24.3 Å². The molecular formula is C16H16BrNO6. The number of hydrogen-bond donors (Lipinski definition) is 1. The Morgan fingerprint density at radius 1 is 1.12 bits per heavy atom. The van der Waals surface area contributed by atoms with Gasteiger partial charge >= 0.3 is 5.97 Å². The highest BCUT2D eigenvalue weighted by atomic mass is 79.9. The van der Waals surface area contributed by atoms with Gasteiger partial charge in [0.2, 0.25) is 5.76 Å². The molecule has 1 amide bonds. The molecule has 0 fully saturated rings. The summed E-state index contributed by atoms with van der Waals surface area (Å²) in [5.74, 6) is -0.191. The molecule has 2 aromatic rings. The van der Waals surface area contributed by atoms with Gasteiger partial charge in [-0.25, -0.2) is 4.79 Å². The second kappa shape index (κ2) is 7.87. The van der Waals surface area contributed by atoms with Gasteiger partial charge < -0.3 is 23.9 Å². The topological polar surface area (TPSA) is 87.0 Å². The first-order valence-corrected chi connectivity index (χ1v) is 7.73. The van der Waals surface area contributed by atoms with E-state index in [1.165, 1.54) is 27.2 Å². The van der Waals surface area contributed by atoms with E-state index in [2.05, 4.69) is 21.2 Å². The fourth-order valence-electron chi connectivity index (χ4n) is 1.85. The Balaban J connectivity index is 2.00. The predicted molar refractivity (Wildman–Crippen MR) is 89.5 cm³/mol. The molecule has 8 heteroatoms. The number of rotatable bonds is 6. The quantitative estimate of drug-likeness (QED) is 0.752. The zero-order chi connectivity index (χ0) is 17.7. The summed E-state index contributed by atoms with van der Waals surface area (Å²) in [6.45, 7) is 1.46. The van der Waals surface area contributed by atoms with Crippen LogP contribution in [0, 0.1) is 0 Å². The normalized spacial score (nSPS) is 11.5. The van der Waals surface area contributed by atoms with Crippen LogP contribution in [0.5, 0.6) is 11.5 Å². The lowest BCUT2D eigenvalue weighted by Gasteiger charge is -2.14. The summed E-state index contributed by atoms with van der Waals surface area (Å²) >= 11 is 3.09. The molecule has 1 unspecified atom stereocenters. The van der Waals surface area contributed by atoms with Crippen molar-refractivity contribution >= 4 is 33.5 Å². The molecule has 1 heterocycles. The maximum absolute atomic E-state index is 12.1. The monoisotopic (exact) mass is 397 g/mol. The van der Waals surface area contributed by atoms with Gasteiger partial charge in [0.25, 0.3) is 5.91 Å². The van der Waals surface area contributed by atoms with Crippen molar-refractivity contribution in [1.82, 2.24) is 0 Å². The number of carbonyl (C=O) groups excluding carboxylic acids is 2. The average molecular weight is 398 g/mol. The lowest BCUT2D eigenvalue weighted by Crippen LogP contribution is -2.29. The highest BCUT2D eigenvalue weighted by Crippen LogP contribution is 2.29. The second-order valence-corrected chi connectivity index (χ2v) is 5.49. The van der Waals surface area contributed by atoms with Crippen molar-refractivity contribution in [3.63, 3.8) is 0 Å². The molecule has 1 aromatic heterocycles.